The van der Waals surface area contributed by atoms with Gasteiger partial charge in [-0.3, -0.25) is 0 Å². The summed E-state index contributed by atoms with van der Waals surface area (Å²) < 4.78 is 13.1. The van der Waals surface area contributed by atoms with E-state index in [4.69, 9.17) is 0 Å². The summed E-state index contributed by atoms with van der Waals surface area (Å²) in [5.41, 5.74) is 1.14. The summed E-state index contributed by atoms with van der Waals surface area (Å²) in [7, 11) is -1.26. The molecule has 1 aliphatic carbocycles. The molecule has 3 heteroatoms. The third-order valence-corrected chi connectivity index (χ3v) is 11.6. The van der Waals surface area contributed by atoms with E-state index in [0.717, 1.165) is 0 Å². The van der Waals surface area contributed by atoms with Crippen LogP contribution in [-0.2, 0) is 4.57 Å². The molecule has 130 valence electrons. The first-order valence-electron chi connectivity index (χ1n) is 8.93. The number of rotatable bonds is 3. The second-order valence-corrected chi connectivity index (χ2v) is 17.0. The zero-order valence-corrected chi connectivity index (χ0v) is 18.4. The van der Waals surface area contributed by atoms with Crippen LogP contribution >= 0.6 is 15.7 Å². The van der Waals surface area contributed by atoms with Gasteiger partial charge in [0.1, 0.15) is 0 Å². The molecule has 3 unspecified atom stereocenters. The predicted molar refractivity (Wildman–Crippen MR) is 104 cm³/mol. The molecule has 1 saturated carbocycles. The zero-order chi connectivity index (χ0) is 17.5. The van der Waals surface area contributed by atoms with Gasteiger partial charge < -0.3 is 0 Å². The van der Waals surface area contributed by atoms with E-state index in [1.807, 2.05) is 0 Å². The van der Waals surface area contributed by atoms with Crippen LogP contribution in [0.1, 0.15) is 88.5 Å². The Bertz CT molecular complexity index is 381. The molecule has 0 aromatic rings. The second-order valence-electron chi connectivity index (χ2n) is 10.1. The molecule has 0 spiro atoms. The van der Waals surface area contributed by atoms with Crippen molar-refractivity contribution in [1.29, 1.82) is 0 Å². The van der Waals surface area contributed by atoms with Crippen molar-refractivity contribution in [1.82, 2.24) is 0 Å². The van der Waals surface area contributed by atoms with Crippen molar-refractivity contribution in [2.45, 2.75) is 115 Å². The standard InChI is InChI=1S/C19H39OP2/c1-14(21(17(2,3)4)18(5,6)7)15-12-11-13-16(15)22(20)19(8,9)10/h14-16H,11-13H2,1-10H3/q+1/t14-,15?,16?/m1/s1. The Kier molecular flexibility index (Phi) is 6.36. The van der Waals surface area contributed by atoms with Crippen molar-refractivity contribution >= 4 is 15.7 Å². The van der Waals surface area contributed by atoms with Gasteiger partial charge in [0.05, 0.1) is 0 Å². The van der Waals surface area contributed by atoms with E-state index in [9.17, 15) is 4.57 Å². The highest BCUT2D eigenvalue weighted by atomic mass is 31.1. The van der Waals surface area contributed by atoms with Crippen molar-refractivity contribution in [3.8, 4) is 0 Å². The average molecular weight is 345 g/mol. The molecular weight excluding hydrogens is 306 g/mol. The van der Waals surface area contributed by atoms with Crippen LogP contribution in [0.25, 0.3) is 0 Å². The summed E-state index contributed by atoms with van der Waals surface area (Å²) in [4.78, 5) is 0. The SMILES string of the molecule is C[C@H](C1CCCC1[P+](=O)C(C)(C)C)P(C(C)(C)C)C(C)(C)C. The van der Waals surface area contributed by atoms with Gasteiger partial charge in [-0.25, -0.2) is 0 Å². The van der Waals surface area contributed by atoms with Crippen molar-refractivity contribution in [2.75, 3.05) is 0 Å². The van der Waals surface area contributed by atoms with E-state index in [0.29, 0.717) is 27.5 Å². The summed E-state index contributed by atoms with van der Waals surface area (Å²) in [6.07, 6.45) is 3.74. The maximum atomic E-state index is 13.1. The van der Waals surface area contributed by atoms with Crippen LogP contribution in [0.2, 0.25) is 0 Å². The van der Waals surface area contributed by atoms with Crippen LogP contribution in [-0.4, -0.2) is 26.8 Å². The highest BCUT2D eigenvalue weighted by molar-refractivity contribution is 7.61. The molecule has 0 aliphatic heterocycles. The predicted octanol–water partition coefficient (Wildman–Crippen LogP) is 7.25. The molecule has 0 bridgehead atoms. The van der Waals surface area contributed by atoms with Gasteiger partial charge >= 0.3 is 7.80 Å². The van der Waals surface area contributed by atoms with E-state index < -0.39 is 7.80 Å². The molecule has 22 heavy (non-hydrogen) atoms. The minimum Gasteiger partial charge on any atom is -0.0923 e. The van der Waals surface area contributed by atoms with E-state index in [-0.39, 0.29) is 13.1 Å². The van der Waals surface area contributed by atoms with Crippen molar-refractivity contribution in [3.63, 3.8) is 0 Å². The normalized spacial score (nSPS) is 26.4. The van der Waals surface area contributed by atoms with E-state index in [1.165, 1.54) is 19.3 Å². The van der Waals surface area contributed by atoms with E-state index in [2.05, 4.69) is 69.2 Å². The Morgan fingerprint density at radius 3 is 1.73 bits per heavy atom. The first-order valence-corrected chi connectivity index (χ1v) is 11.7. The molecular formula is C19H39OP2+. The molecule has 0 N–H and O–H groups in total. The molecule has 0 radical (unpaired) electrons. The third kappa shape index (κ3) is 4.77. The first-order chi connectivity index (χ1) is 9.67. The second kappa shape index (κ2) is 6.80. The molecule has 0 aromatic heterocycles. The highest BCUT2D eigenvalue weighted by Crippen LogP contribution is 2.67. The van der Waals surface area contributed by atoms with E-state index in [1.54, 1.807) is 0 Å². The molecule has 0 heterocycles. The lowest BCUT2D eigenvalue weighted by Crippen LogP contribution is -2.36. The summed E-state index contributed by atoms with van der Waals surface area (Å²) in [6, 6.07) is 0. The van der Waals surface area contributed by atoms with Gasteiger partial charge in [-0.2, -0.15) is 0 Å². The maximum Gasteiger partial charge on any atom is 0.347 e. The lowest BCUT2D eigenvalue weighted by atomic mass is 10.0. The Balaban J connectivity index is 3.08. The molecule has 1 rings (SSSR count). The van der Waals surface area contributed by atoms with Crippen molar-refractivity contribution < 1.29 is 4.57 Å². The van der Waals surface area contributed by atoms with Crippen LogP contribution in [0.4, 0.5) is 0 Å². The van der Waals surface area contributed by atoms with Gasteiger partial charge in [0.25, 0.3) is 0 Å². The van der Waals surface area contributed by atoms with Gasteiger partial charge in [-0.1, -0.05) is 61.0 Å². The largest absolute Gasteiger partial charge is 0.347 e. The Morgan fingerprint density at radius 1 is 0.909 bits per heavy atom. The van der Waals surface area contributed by atoms with Crippen LogP contribution in [0, 0.1) is 5.92 Å². The summed E-state index contributed by atoms with van der Waals surface area (Å²) in [6.45, 7) is 23.4. The summed E-state index contributed by atoms with van der Waals surface area (Å²) in [5.74, 6) is 0.660. The van der Waals surface area contributed by atoms with Gasteiger partial charge in [0.2, 0.25) is 0 Å². The average Bonchev–Trinajstić information content (AvgIpc) is 2.70. The Morgan fingerprint density at radius 2 is 1.36 bits per heavy atom. The fraction of sp³-hybridized carbons (Fsp3) is 1.00. The monoisotopic (exact) mass is 345 g/mol. The smallest absolute Gasteiger partial charge is 0.0923 e. The van der Waals surface area contributed by atoms with Gasteiger partial charge in [0, 0.05) is 5.92 Å². The quantitative estimate of drug-likeness (QED) is 0.492. The molecule has 0 amide bonds. The van der Waals surface area contributed by atoms with E-state index >= 15 is 0 Å². The summed E-state index contributed by atoms with van der Waals surface area (Å²) in [5, 5.41) is 0.662. The fourth-order valence-corrected chi connectivity index (χ4v) is 12.2. The third-order valence-electron chi connectivity index (χ3n) is 4.97. The molecule has 4 atom stereocenters. The van der Waals surface area contributed by atoms with Crippen molar-refractivity contribution in [2.24, 2.45) is 5.92 Å². The Hall–Kier alpha value is 0.530. The zero-order valence-electron chi connectivity index (χ0n) is 16.7. The van der Waals surface area contributed by atoms with Gasteiger partial charge in [0.15, 0.2) is 10.8 Å². The number of hydrogen-bond acceptors (Lipinski definition) is 1. The topological polar surface area (TPSA) is 17.1 Å². The summed E-state index contributed by atoms with van der Waals surface area (Å²) >= 11 is 0. The van der Waals surface area contributed by atoms with Crippen LogP contribution in [0.3, 0.4) is 0 Å². The lowest BCUT2D eigenvalue weighted by Gasteiger charge is -2.47. The molecule has 0 aromatic carbocycles. The van der Waals surface area contributed by atoms with Crippen LogP contribution in [0.5, 0.6) is 0 Å². The van der Waals surface area contributed by atoms with Crippen LogP contribution in [0.15, 0.2) is 0 Å². The number of hydrogen-bond donors (Lipinski definition) is 0. The molecule has 0 saturated heterocycles. The molecule has 1 aliphatic rings. The van der Waals surface area contributed by atoms with Gasteiger partial charge in [-0.05, 0) is 56.0 Å². The maximum absolute atomic E-state index is 13.1. The highest BCUT2D eigenvalue weighted by Gasteiger charge is 2.52. The fourth-order valence-electron chi connectivity index (χ4n) is 4.74. The van der Waals surface area contributed by atoms with Crippen LogP contribution < -0.4 is 0 Å². The minimum atomic E-state index is -1.13. The van der Waals surface area contributed by atoms with Gasteiger partial charge in [-0.15, -0.1) is 0 Å². The van der Waals surface area contributed by atoms with Crippen molar-refractivity contribution in [3.05, 3.63) is 0 Å². The molecule has 1 nitrogen and oxygen atoms in total. The lowest BCUT2D eigenvalue weighted by molar-refractivity contribution is 0.493. The Labute approximate surface area is 142 Å². The first kappa shape index (κ1) is 20.6. The molecule has 1 fully saturated rings. The minimum absolute atomic E-state index is 0.0471.